The molecule has 0 saturated heterocycles. The molecule has 19 heavy (non-hydrogen) atoms. The van der Waals surface area contributed by atoms with Crippen LogP contribution in [0.4, 0.5) is 0 Å². The molecule has 1 N–H and O–H groups in total. The summed E-state index contributed by atoms with van der Waals surface area (Å²) >= 11 is 6.08. The maximum absolute atomic E-state index is 6.08. The van der Waals surface area contributed by atoms with E-state index in [2.05, 4.69) is 32.2 Å². The minimum absolute atomic E-state index is 0.167. The van der Waals surface area contributed by atoms with E-state index in [0.717, 1.165) is 29.7 Å². The van der Waals surface area contributed by atoms with E-state index < -0.39 is 0 Å². The highest BCUT2D eigenvalue weighted by Crippen LogP contribution is 2.27. The number of rotatable bonds is 4. The highest BCUT2D eigenvalue weighted by Gasteiger charge is 2.06. The standard InChI is InChI=1S/C16H20ClNO/c1-16(2,3)18-10-5-4-8-13-11-12-7-6-9-14(17)15(12)19-13/h4,6-9,11,18H,5,10H2,1-3H3/b8-4+. The van der Waals surface area contributed by atoms with Gasteiger partial charge >= 0.3 is 0 Å². The lowest BCUT2D eigenvalue weighted by molar-refractivity contribution is 0.431. The molecule has 0 aliphatic heterocycles. The Hall–Kier alpha value is -1.25. The Labute approximate surface area is 119 Å². The van der Waals surface area contributed by atoms with Crippen molar-refractivity contribution in [3.8, 4) is 0 Å². The van der Waals surface area contributed by atoms with Gasteiger partial charge in [-0.15, -0.1) is 0 Å². The molecule has 0 bridgehead atoms. The molecule has 1 heterocycles. The van der Waals surface area contributed by atoms with Gasteiger partial charge in [-0.1, -0.05) is 29.8 Å². The molecular weight excluding hydrogens is 258 g/mol. The van der Waals surface area contributed by atoms with Crippen molar-refractivity contribution in [2.75, 3.05) is 6.54 Å². The first-order valence-corrected chi connectivity index (χ1v) is 6.93. The SMILES string of the molecule is CC(C)(C)NCC/C=C/c1cc2cccc(Cl)c2o1. The Kier molecular flexibility index (Phi) is 4.33. The summed E-state index contributed by atoms with van der Waals surface area (Å²) in [6.07, 6.45) is 5.09. The monoisotopic (exact) mass is 277 g/mol. The summed E-state index contributed by atoms with van der Waals surface area (Å²) in [5, 5.41) is 5.14. The van der Waals surface area contributed by atoms with Gasteiger partial charge in [-0.25, -0.2) is 0 Å². The lowest BCUT2D eigenvalue weighted by Gasteiger charge is -2.19. The van der Waals surface area contributed by atoms with Gasteiger partial charge in [0.15, 0.2) is 5.58 Å². The van der Waals surface area contributed by atoms with Crippen LogP contribution in [0.5, 0.6) is 0 Å². The summed E-state index contributed by atoms with van der Waals surface area (Å²) in [5.41, 5.74) is 0.928. The molecular formula is C16H20ClNO. The molecule has 0 fully saturated rings. The smallest absolute Gasteiger partial charge is 0.153 e. The van der Waals surface area contributed by atoms with Crippen molar-refractivity contribution in [3.05, 3.63) is 41.1 Å². The van der Waals surface area contributed by atoms with E-state index in [1.807, 2.05) is 30.3 Å². The number of nitrogens with one attached hydrogen (secondary N) is 1. The molecule has 0 radical (unpaired) electrons. The number of benzene rings is 1. The fourth-order valence-electron chi connectivity index (χ4n) is 1.86. The molecule has 0 unspecified atom stereocenters. The van der Waals surface area contributed by atoms with Gasteiger partial charge in [0.25, 0.3) is 0 Å². The Bertz CT molecular complexity index is 578. The third-order valence-corrected chi connectivity index (χ3v) is 3.06. The highest BCUT2D eigenvalue weighted by atomic mass is 35.5. The van der Waals surface area contributed by atoms with E-state index in [1.165, 1.54) is 0 Å². The molecule has 0 aliphatic carbocycles. The molecule has 0 aliphatic rings. The van der Waals surface area contributed by atoms with Crippen LogP contribution < -0.4 is 5.32 Å². The summed E-state index contributed by atoms with van der Waals surface area (Å²) in [7, 11) is 0. The van der Waals surface area contributed by atoms with Crippen molar-refractivity contribution in [1.82, 2.24) is 5.32 Å². The van der Waals surface area contributed by atoms with Crippen LogP contribution in [-0.4, -0.2) is 12.1 Å². The summed E-state index contributed by atoms with van der Waals surface area (Å²) in [6, 6.07) is 7.78. The van der Waals surface area contributed by atoms with Crippen LogP contribution in [0.15, 0.2) is 34.8 Å². The predicted molar refractivity (Wildman–Crippen MR) is 82.6 cm³/mol. The molecule has 102 valence electrons. The first kappa shape index (κ1) is 14.2. The summed E-state index contributed by atoms with van der Waals surface area (Å²) in [5.74, 6) is 0.846. The van der Waals surface area contributed by atoms with Gasteiger partial charge in [-0.3, -0.25) is 0 Å². The van der Waals surface area contributed by atoms with Gasteiger partial charge in [-0.2, -0.15) is 0 Å². The van der Waals surface area contributed by atoms with E-state index >= 15 is 0 Å². The second-order valence-corrected chi connectivity index (χ2v) is 6.08. The van der Waals surface area contributed by atoms with E-state index in [0.29, 0.717) is 5.02 Å². The Morgan fingerprint density at radius 3 is 2.79 bits per heavy atom. The zero-order valence-electron chi connectivity index (χ0n) is 11.7. The number of halogens is 1. The number of hydrogen-bond donors (Lipinski definition) is 1. The molecule has 2 rings (SSSR count). The summed E-state index contributed by atoms with van der Waals surface area (Å²) in [4.78, 5) is 0. The molecule has 0 spiro atoms. The first-order valence-electron chi connectivity index (χ1n) is 6.55. The summed E-state index contributed by atoms with van der Waals surface area (Å²) < 4.78 is 5.71. The fourth-order valence-corrected chi connectivity index (χ4v) is 2.08. The van der Waals surface area contributed by atoms with E-state index in [9.17, 15) is 0 Å². The van der Waals surface area contributed by atoms with Gasteiger partial charge in [0.2, 0.25) is 0 Å². The third kappa shape index (κ3) is 4.12. The van der Waals surface area contributed by atoms with Gasteiger partial charge in [0.05, 0.1) is 5.02 Å². The van der Waals surface area contributed by atoms with Gasteiger partial charge in [0, 0.05) is 10.9 Å². The average Bonchev–Trinajstić information content (AvgIpc) is 2.71. The van der Waals surface area contributed by atoms with Gasteiger partial charge in [-0.05, 0) is 51.9 Å². The maximum atomic E-state index is 6.08. The molecule has 2 aromatic rings. The molecule has 1 aromatic carbocycles. The van der Waals surface area contributed by atoms with Crippen LogP contribution in [0.3, 0.4) is 0 Å². The quantitative estimate of drug-likeness (QED) is 0.806. The summed E-state index contributed by atoms with van der Waals surface area (Å²) in [6.45, 7) is 7.45. The first-order chi connectivity index (χ1) is 8.96. The molecule has 3 heteroatoms. The molecule has 0 amide bonds. The lowest BCUT2D eigenvalue weighted by Crippen LogP contribution is -2.36. The van der Waals surface area contributed by atoms with Crippen LogP contribution in [0.25, 0.3) is 17.0 Å². The predicted octanol–water partition coefficient (Wildman–Crippen LogP) is 4.88. The zero-order chi connectivity index (χ0) is 13.9. The normalized spacial score (nSPS) is 12.6. The highest BCUT2D eigenvalue weighted by molar-refractivity contribution is 6.34. The van der Waals surface area contributed by atoms with E-state index in [4.69, 9.17) is 16.0 Å². The van der Waals surface area contributed by atoms with Crippen molar-refractivity contribution < 1.29 is 4.42 Å². The van der Waals surface area contributed by atoms with Crippen LogP contribution in [0.2, 0.25) is 5.02 Å². The van der Waals surface area contributed by atoms with Crippen LogP contribution >= 0.6 is 11.6 Å². The number of para-hydroxylation sites is 1. The minimum Gasteiger partial charge on any atom is -0.455 e. The third-order valence-electron chi connectivity index (χ3n) is 2.76. The van der Waals surface area contributed by atoms with Crippen LogP contribution in [0.1, 0.15) is 33.0 Å². The average molecular weight is 278 g/mol. The van der Waals surface area contributed by atoms with Crippen LogP contribution in [0, 0.1) is 0 Å². The number of furan rings is 1. The largest absolute Gasteiger partial charge is 0.455 e. The number of hydrogen-bond acceptors (Lipinski definition) is 2. The Morgan fingerprint density at radius 1 is 1.32 bits per heavy atom. The maximum Gasteiger partial charge on any atom is 0.153 e. The topological polar surface area (TPSA) is 25.2 Å². The molecule has 2 nitrogen and oxygen atoms in total. The molecule has 0 saturated carbocycles. The number of fused-ring (bicyclic) bond motifs is 1. The van der Waals surface area contributed by atoms with Gasteiger partial charge < -0.3 is 9.73 Å². The zero-order valence-corrected chi connectivity index (χ0v) is 12.4. The van der Waals surface area contributed by atoms with Crippen molar-refractivity contribution in [1.29, 1.82) is 0 Å². The Morgan fingerprint density at radius 2 is 2.11 bits per heavy atom. The van der Waals surface area contributed by atoms with Crippen molar-refractivity contribution in [2.24, 2.45) is 0 Å². The minimum atomic E-state index is 0.167. The van der Waals surface area contributed by atoms with Crippen molar-refractivity contribution in [2.45, 2.75) is 32.7 Å². The van der Waals surface area contributed by atoms with E-state index in [1.54, 1.807) is 0 Å². The van der Waals surface area contributed by atoms with Crippen molar-refractivity contribution in [3.63, 3.8) is 0 Å². The van der Waals surface area contributed by atoms with E-state index in [-0.39, 0.29) is 5.54 Å². The van der Waals surface area contributed by atoms with Crippen LogP contribution in [-0.2, 0) is 0 Å². The van der Waals surface area contributed by atoms with Crippen molar-refractivity contribution >= 4 is 28.6 Å². The Balaban J connectivity index is 1.96. The fraction of sp³-hybridized carbons (Fsp3) is 0.375. The second kappa shape index (κ2) is 5.81. The van der Waals surface area contributed by atoms with Gasteiger partial charge in [0.1, 0.15) is 5.76 Å². The molecule has 1 aromatic heterocycles. The second-order valence-electron chi connectivity index (χ2n) is 5.67. The lowest BCUT2D eigenvalue weighted by atomic mass is 10.1. The molecule has 0 atom stereocenters.